The molecule has 1 rings (SSSR count). The maximum absolute atomic E-state index is 9.67. The summed E-state index contributed by atoms with van der Waals surface area (Å²) in [4.78, 5) is 0. The standard InChI is InChI=1S/C14H22O2/c1-2-13(15)11-14(16)10-6-9-12-7-4-3-5-8-12/h3-5,7-8,13-16H,2,6,9-11H2,1H3. The van der Waals surface area contributed by atoms with Gasteiger partial charge in [-0.15, -0.1) is 0 Å². The number of aliphatic hydroxyl groups excluding tert-OH is 2. The minimum atomic E-state index is -0.362. The van der Waals surface area contributed by atoms with E-state index in [9.17, 15) is 10.2 Å². The van der Waals surface area contributed by atoms with Gasteiger partial charge in [-0.2, -0.15) is 0 Å². The number of rotatable bonds is 7. The van der Waals surface area contributed by atoms with Gasteiger partial charge in [0.05, 0.1) is 12.2 Å². The van der Waals surface area contributed by atoms with Crippen molar-refractivity contribution in [3.8, 4) is 0 Å². The number of benzene rings is 1. The summed E-state index contributed by atoms with van der Waals surface area (Å²) in [5.74, 6) is 0. The predicted molar refractivity (Wildman–Crippen MR) is 66.3 cm³/mol. The van der Waals surface area contributed by atoms with Crippen molar-refractivity contribution in [2.45, 2.75) is 51.2 Å². The van der Waals surface area contributed by atoms with Crippen LogP contribution >= 0.6 is 0 Å². The van der Waals surface area contributed by atoms with Crippen LogP contribution in [0, 0.1) is 0 Å². The summed E-state index contributed by atoms with van der Waals surface area (Å²) in [6, 6.07) is 10.3. The van der Waals surface area contributed by atoms with Crippen LogP contribution in [0.5, 0.6) is 0 Å². The van der Waals surface area contributed by atoms with Crippen molar-refractivity contribution in [3.63, 3.8) is 0 Å². The molecule has 2 unspecified atom stereocenters. The van der Waals surface area contributed by atoms with E-state index in [1.165, 1.54) is 5.56 Å². The number of aryl methyl sites for hydroxylation is 1. The lowest BCUT2D eigenvalue weighted by atomic mass is 10.0. The Balaban J connectivity index is 2.15. The normalized spacial score (nSPS) is 14.7. The lowest BCUT2D eigenvalue weighted by Crippen LogP contribution is -2.16. The Morgan fingerprint density at radius 3 is 2.38 bits per heavy atom. The summed E-state index contributed by atoms with van der Waals surface area (Å²) in [5, 5.41) is 19.1. The van der Waals surface area contributed by atoms with Gasteiger partial charge >= 0.3 is 0 Å². The van der Waals surface area contributed by atoms with E-state index in [0.717, 1.165) is 25.7 Å². The van der Waals surface area contributed by atoms with Gasteiger partial charge in [-0.1, -0.05) is 37.3 Å². The average Bonchev–Trinajstić information content (AvgIpc) is 2.30. The monoisotopic (exact) mass is 222 g/mol. The molecule has 1 aromatic carbocycles. The van der Waals surface area contributed by atoms with Crippen LogP contribution < -0.4 is 0 Å². The largest absolute Gasteiger partial charge is 0.393 e. The van der Waals surface area contributed by atoms with Gasteiger partial charge in [-0.05, 0) is 37.7 Å². The fourth-order valence-electron chi connectivity index (χ4n) is 1.79. The summed E-state index contributed by atoms with van der Waals surface area (Å²) in [7, 11) is 0. The van der Waals surface area contributed by atoms with Crippen LogP contribution in [0.1, 0.15) is 38.2 Å². The van der Waals surface area contributed by atoms with Crippen molar-refractivity contribution >= 4 is 0 Å². The molecule has 0 heterocycles. The second kappa shape index (κ2) is 7.42. The van der Waals surface area contributed by atoms with Gasteiger partial charge in [0.2, 0.25) is 0 Å². The second-order valence-electron chi connectivity index (χ2n) is 4.33. The highest BCUT2D eigenvalue weighted by molar-refractivity contribution is 5.14. The first kappa shape index (κ1) is 13.2. The average molecular weight is 222 g/mol. The van der Waals surface area contributed by atoms with Gasteiger partial charge in [0, 0.05) is 0 Å². The lowest BCUT2D eigenvalue weighted by molar-refractivity contribution is 0.0726. The van der Waals surface area contributed by atoms with Crippen LogP contribution in [-0.4, -0.2) is 22.4 Å². The van der Waals surface area contributed by atoms with E-state index in [4.69, 9.17) is 0 Å². The Morgan fingerprint density at radius 2 is 1.75 bits per heavy atom. The molecule has 0 aliphatic rings. The molecule has 0 aromatic heterocycles. The molecule has 16 heavy (non-hydrogen) atoms. The third kappa shape index (κ3) is 5.29. The minimum Gasteiger partial charge on any atom is -0.393 e. The lowest BCUT2D eigenvalue weighted by Gasteiger charge is -2.13. The molecule has 0 saturated heterocycles. The van der Waals surface area contributed by atoms with E-state index in [2.05, 4.69) is 12.1 Å². The van der Waals surface area contributed by atoms with Crippen molar-refractivity contribution in [2.75, 3.05) is 0 Å². The Labute approximate surface area is 97.9 Å². The van der Waals surface area contributed by atoms with E-state index in [1.807, 2.05) is 25.1 Å². The van der Waals surface area contributed by atoms with Gasteiger partial charge in [-0.25, -0.2) is 0 Å². The molecule has 0 amide bonds. The van der Waals surface area contributed by atoms with Crippen LogP contribution in [0.3, 0.4) is 0 Å². The predicted octanol–water partition coefficient (Wildman–Crippen LogP) is 2.53. The molecule has 0 aliphatic heterocycles. The zero-order valence-electron chi connectivity index (χ0n) is 9.97. The fourth-order valence-corrected chi connectivity index (χ4v) is 1.79. The Hall–Kier alpha value is -0.860. The van der Waals surface area contributed by atoms with Crippen molar-refractivity contribution in [3.05, 3.63) is 35.9 Å². The number of hydrogen-bond acceptors (Lipinski definition) is 2. The Kier molecular flexibility index (Phi) is 6.12. The molecule has 1 aromatic rings. The third-order valence-electron chi connectivity index (χ3n) is 2.86. The van der Waals surface area contributed by atoms with Gasteiger partial charge in [0.1, 0.15) is 0 Å². The van der Waals surface area contributed by atoms with E-state index in [0.29, 0.717) is 6.42 Å². The zero-order valence-corrected chi connectivity index (χ0v) is 9.97. The Bertz CT molecular complexity index is 271. The van der Waals surface area contributed by atoms with Crippen LogP contribution in [0.15, 0.2) is 30.3 Å². The Morgan fingerprint density at radius 1 is 1.06 bits per heavy atom. The van der Waals surface area contributed by atoms with E-state index in [-0.39, 0.29) is 12.2 Å². The van der Waals surface area contributed by atoms with Gasteiger partial charge in [0.15, 0.2) is 0 Å². The molecule has 0 spiro atoms. The van der Waals surface area contributed by atoms with E-state index >= 15 is 0 Å². The molecule has 0 fully saturated rings. The van der Waals surface area contributed by atoms with Crippen LogP contribution in [0.4, 0.5) is 0 Å². The SMILES string of the molecule is CCC(O)CC(O)CCCc1ccccc1. The third-order valence-corrected chi connectivity index (χ3v) is 2.86. The molecule has 2 N–H and O–H groups in total. The van der Waals surface area contributed by atoms with E-state index in [1.54, 1.807) is 0 Å². The topological polar surface area (TPSA) is 40.5 Å². The van der Waals surface area contributed by atoms with Crippen molar-refractivity contribution in [2.24, 2.45) is 0 Å². The fraction of sp³-hybridized carbons (Fsp3) is 0.571. The van der Waals surface area contributed by atoms with Crippen LogP contribution in [-0.2, 0) is 6.42 Å². The van der Waals surface area contributed by atoms with Crippen LogP contribution in [0.25, 0.3) is 0 Å². The summed E-state index contributed by atoms with van der Waals surface area (Å²) in [6.07, 6.45) is 3.25. The van der Waals surface area contributed by atoms with Gasteiger partial charge < -0.3 is 10.2 Å². The van der Waals surface area contributed by atoms with Crippen LogP contribution in [0.2, 0.25) is 0 Å². The zero-order chi connectivity index (χ0) is 11.8. The summed E-state index contributed by atoms with van der Waals surface area (Å²) >= 11 is 0. The highest BCUT2D eigenvalue weighted by atomic mass is 16.3. The molecule has 0 saturated carbocycles. The quantitative estimate of drug-likeness (QED) is 0.744. The smallest absolute Gasteiger partial charge is 0.0565 e. The summed E-state index contributed by atoms with van der Waals surface area (Å²) < 4.78 is 0. The molecule has 0 radical (unpaired) electrons. The molecular weight excluding hydrogens is 200 g/mol. The minimum absolute atomic E-state index is 0.355. The molecule has 0 bridgehead atoms. The first-order valence-electron chi connectivity index (χ1n) is 6.12. The molecular formula is C14H22O2. The molecule has 0 aliphatic carbocycles. The molecule has 2 heteroatoms. The van der Waals surface area contributed by atoms with Crippen molar-refractivity contribution in [1.29, 1.82) is 0 Å². The maximum atomic E-state index is 9.67. The van der Waals surface area contributed by atoms with E-state index < -0.39 is 0 Å². The van der Waals surface area contributed by atoms with Gasteiger partial charge in [-0.3, -0.25) is 0 Å². The highest BCUT2D eigenvalue weighted by Gasteiger charge is 2.09. The molecule has 2 nitrogen and oxygen atoms in total. The first-order valence-corrected chi connectivity index (χ1v) is 6.12. The van der Waals surface area contributed by atoms with Crippen molar-refractivity contribution < 1.29 is 10.2 Å². The summed E-state index contributed by atoms with van der Waals surface area (Å²) in [6.45, 7) is 1.93. The summed E-state index contributed by atoms with van der Waals surface area (Å²) in [5.41, 5.74) is 1.31. The second-order valence-corrected chi connectivity index (χ2v) is 4.33. The highest BCUT2D eigenvalue weighted by Crippen LogP contribution is 2.10. The maximum Gasteiger partial charge on any atom is 0.0565 e. The molecule has 2 atom stereocenters. The number of hydrogen-bond donors (Lipinski definition) is 2. The first-order chi connectivity index (χ1) is 7.72. The van der Waals surface area contributed by atoms with Gasteiger partial charge in [0.25, 0.3) is 0 Å². The van der Waals surface area contributed by atoms with Crippen molar-refractivity contribution in [1.82, 2.24) is 0 Å². The molecule has 90 valence electrons. The number of aliphatic hydroxyl groups is 2.